The van der Waals surface area contributed by atoms with E-state index in [0.29, 0.717) is 17.5 Å². The molecule has 0 aliphatic carbocycles. The molecule has 164 valence electrons. The Morgan fingerprint density at radius 1 is 1.31 bits per heavy atom. The van der Waals surface area contributed by atoms with E-state index in [4.69, 9.17) is 15.2 Å². The summed E-state index contributed by atoms with van der Waals surface area (Å²) >= 11 is 0. The van der Waals surface area contributed by atoms with E-state index in [1.807, 2.05) is 6.07 Å². The number of benzene rings is 2. The molecular formula is C23H22FN5O3. The highest BCUT2D eigenvalue weighted by molar-refractivity contribution is 5.79. The normalized spacial score (nSPS) is 19.8. The van der Waals surface area contributed by atoms with E-state index in [-0.39, 0.29) is 40.0 Å². The van der Waals surface area contributed by atoms with Gasteiger partial charge in [-0.3, -0.25) is 9.36 Å². The molecule has 0 saturated carbocycles. The molecule has 9 heteroatoms. The average molecular weight is 435 g/mol. The van der Waals surface area contributed by atoms with Crippen molar-refractivity contribution in [1.82, 2.24) is 14.9 Å². The lowest BCUT2D eigenvalue weighted by molar-refractivity contribution is -0.0196. The van der Waals surface area contributed by atoms with Crippen LogP contribution in [0.1, 0.15) is 30.9 Å². The van der Waals surface area contributed by atoms with Crippen LogP contribution in [0.5, 0.6) is 11.5 Å². The van der Waals surface area contributed by atoms with Crippen molar-refractivity contribution in [3.63, 3.8) is 0 Å². The standard InChI is InChI=1S/C23H22FN5O3/c24-18-2-3-19(26)17(11-25)21(18)32-15-1-4-20-16(9-15)22(30)29(13-28-20)14-10-23(31-12-14)5-7-27-8-6-23/h1-4,9,13-14,27H,5-8,10,12,26H2/t14-/m1/s1. The maximum Gasteiger partial charge on any atom is 0.261 e. The zero-order chi connectivity index (χ0) is 22.3. The maximum absolute atomic E-state index is 14.3. The average Bonchev–Trinajstić information content (AvgIpc) is 3.20. The van der Waals surface area contributed by atoms with Gasteiger partial charge in [0.2, 0.25) is 0 Å². The fourth-order valence-corrected chi connectivity index (χ4v) is 4.57. The van der Waals surface area contributed by atoms with Gasteiger partial charge < -0.3 is 20.5 Å². The van der Waals surface area contributed by atoms with E-state index in [1.165, 1.54) is 12.1 Å². The largest absolute Gasteiger partial charge is 0.453 e. The monoisotopic (exact) mass is 435 g/mol. The fraction of sp³-hybridized carbons (Fsp3) is 0.348. The molecule has 1 atom stereocenters. The van der Waals surface area contributed by atoms with Gasteiger partial charge in [-0.1, -0.05) is 0 Å². The Labute approximate surface area is 183 Å². The maximum atomic E-state index is 14.3. The molecule has 3 N–H and O–H groups in total. The van der Waals surface area contributed by atoms with Gasteiger partial charge in [0, 0.05) is 0 Å². The van der Waals surface area contributed by atoms with Gasteiger partial charge in [-0.15, -0.1) is 0 Å². The number of nitriles is 1. The van der Waals surface area contributed by atoms with Crippen molar-refractivity contribution in [2.45, 2.75) is 30.9 Å². The van der Waals surface area contributed by atoms with Crippen LogP contribution in [0.15, 0.2) is 41.5 Å². The number of ether oxygens (including phenoxy) is 2. The second kappa shape index (κ2) is 7.89. The van der Waals surface area contributed by atoms with Gasteiger partial charge in [-0.2, -0.15) is 5.26 Å². The van der Waals surface area contributed by atoms with Gasteiger partial charge in [0.1, 0.15) is 17.4 Å². The molecule has 0 amide bonds. The van der Waals surface area contributed by atoms with Gasteiger partial charge in [0.05, 0.1) is 41.2 Å². The van der Waals surface area contributed by atoms with Crippen LogP contribution in [0.3, 0.4) is 0 Å². The van der Waals surface area contributed by atoms with E-state index in [2.05, 4.69) is 10.3 Å². The first kappa shape index (κ1) is 20.4. The molecule has 0 radical (unpaired) electrons. The number of nitrogen functional groups attached to an aromatic ring is 1. The number of nitrogens with two attached hydrogens (primary N) is 1. The minimum atomic E-state index is -0.713. The molecule has 2 aromatic carbocycles. The molecule has 8 nitrogen and oxygen atoms in total. The number of rotatable bonds is 3. The fourth-order valence-electron chi connectivity index (χ4n) is 4.57. The molecule has 2 aliphatic rings. The lowest BCUT2D eigenvalue weighted by Crippen LogP contribution is -2.41. The van der Waals surface area contributed by atoms with E-state index in [1.54, 1.807) is 23.0 Å². The predicted octanol–water partition coefficient (Wildman–Crippen LogP) is 2.87. The lowest BCUT2D eigenvalue weighted by Gasteiger charge is -2.32. The van der Waals surface area contributed by atoms with Gasteiger partial charge in [-0.25, -0.2) is 9.37 Å². The Balaban J connectivity index is 1.49. The number of piperidine rings is 1. The van der Waals surface area contributed by atoms with Gasteiger partial charge in [-0.05, 0) is 62.7 Å². The first-order valence-corrected chi connectivity index (χ1v) is 10.5. The molecule has 0 bridgehead atoms. The molecule has 2 fully saturated rings. The van der Waals surface area contributed by atoms with E-state index in [0.717, 1.165) is 38.4 Å². The second-order valence-corrected chi connectivity index (χ2v) is 8.29. The minimum absolute atomic E-state index is 0.0935. The highest BCUT2D eigenvalue weighted by Crippen LogP contribution is 2.39. The van der Waals surface area contributed by atoms with Gasteiger partial charge in [0.25, 0.3) is 5.56 Å². The summed E-state index contributed by atoms with van der Waals surface area (Å²) in [5.41, 5.74) is 5.89. The van der Waals surface area contributed by atoms with Crippen LogP contribution < -0.4 is 21.3 Å². The molecule has 5 rings (SSSR count). The molecule has 32 heavy (non-hydrogen) atoms. The van der Waals surface area contributed by atoms with Crippen LogP contribution in [0.4, 0.5) is 10.1 Å². The Hall–Kier alpha value is -3.48. The summed E-state index contributed by atoms with van der Waals surface area (Å²) in [5.74, 6) is -0.768. The SMILES string of the molecule is N#Cc1c(N)ccc(F)c1Oc1ccc2ncn([C@H]3COC4(CCNCC4)C3)c(=O)c2c1. The number of anilines is 1. The third-order valence-corrected chi connectivity index (χ3v) is 6.33. The topological polar surface area (TPSA) is 115 Å². The summed E-state index contributed by atoms with van der Waals surface area (Å²) in [4.78, 5) is 17.7. The zero-order valence-corrected chi connectivity index (χ0v) is 17.3. The molecule has 2 saturated heterocycles. The zero-order valence-electron chi connectivity index (χ0n) is 17.3. The Kier molecular flexibility index (Phi) is 5.04. The third kappa shape index (κ3) is 3.47. The van der Waals surface area contributed by atoms with E-state index >= 15 is 0 Å². The van der Waals surface area contributed by atoms with Crippen LogP contribution in [-0.2, 0) is 4.74 Å². The third-order valence-electron chi connectivity index (χ3n) is 6.33. The van der Waals surface area contributed by atoms with E-state index < -0.39 is 5.82 Å². The molecule has 0 unspecified atom stereocenters. The number of aromatic nitrogens is 2. The molecule has 3 aromatic rings. The summed E-state index contributed by atoms with van der Waals surface area (Å²) in [6, 6.07) is 8.93. The van der Waals surface area contributed by atoms with Crippen molar-refractivity contribution in [1.29, 1.82) is 5.26 Å². The minimum Gasteiger partial charge on any atom is -0.453 e. The second-order valence-electron chi connectivity index (χ2n) is 8.29. The highest BCUT2D eigenvalue weighted by atomic mass is 19.1. The van der Waals surface area contributed by atoms with Crippen LogP contribution in [0.25, 0.3) is 10.9 Å². The van der Waals surface area contributed by atoms with Crippen LogP contribution in [0.2, 0.25) is 0 Å². The quantitative estimate of drug-likeness (QED) is 0.608. The Morgan fingerprint density at radius 3 is 2.91 bits per heavy atom. The van der Waals surface area contributed by atoms with Crippen LogP contribution in [-0.4, -0.2) is 34.8 Å². The van der Waals surface area contributed by atoms with Crippen molar-refractivity contribution in [3.8, 4) is 17.6 Å². The molecule has 2 aliphatic heterocycles. The van der Waals surface area contributed by atoms with Gasteiger partial charge >= 0.3 is 0 Å². The van der Waals surface area contributed by atoms with Crippen molar-refractivity contribution in [2.75, 3.05) is 25.4 Å². The summed E-state index contributed by atoms with van der Waals surface area (Å²) in [6.07, 6.45) is 4.16. The number of halogens is 1. The van der Waals surface area contributed by atoms with E-state index in [9.17, 15) is 14.4 Å². The number of fused-ring (bicyclic) bond motifs is 1. The smallest absolute Gasteiger partial charge is 0.261 e. The molecule has 1 aromatic heterocycles. The Morgan fingerprint density at radius 2 is 2.12 bits per heavy atom. The molecular weight excluding hydrogens is 413 g/mol. The first-order chi connectivity index (χ1) is 15.5. The number of nitrogens with one attached hydrogen (secondary N) is 1. The predicted molar refractivity (Wildman–Crippen MR) is 116 cm³/mol. The molecule has 1 spiro atoms. The van der Waals surface area contributed by atoms with Crippen molar-refractivity contribution in [3.05, 3.63) is 58.4 Å². The van der Waals surface area contributed by atoms with Crippen molar-refractivity contribution in [2.24, 2.45) is 0 Å². The Bertz CT molecular complexity index is 1290. The van der Waals surface area contributed by atoms with Crippen LogP contribution in [0, 0.1) is 17.1 Å². The van der Waals surface area contributed by atoms with Crippen LogP contribution >= 0.6 is 0 Å². The highest BCUT2D eigenvalue weighted by Gasteiger charge is 2.42. The summed E-state index contributed by atoms with van der Waals surface area (Å²) in [5, 5.41) is 13.0. The lowest BCUT2D eigenvalue weighted by atomic mass is 9.88. The molecule has 3 heterocycles. The number of hydrogen-bond acceptors (Lipinski definition) is 7. The van der Waals surface area contributed by atoms with Gasteiger partial charge in [0.15, 0.2) is 11.6 Å². The first-order valence-electron chi connectivity index (χ1n) is 10.5. The number of nitrogens with zero attached hydrogens (tertiary/aromatic N) is 3. The number of hydrogen-bond donors (Lipinski definition) is 2. The summed E-state index contributed by atoms with van der Waals surface area (Å²) in [7, 11) is 0. The summed E-state index contributed by atoms with van der Waals surface area (Å²) < 4.78 is 27.7. The summed E-state index contributed by atoms with van der Waals surface area (Å²) in [6.45, 7) is 2.27. The van der Waals surface area contributed by atoms with Crippen molar-refractivity contribution < 1.29 is 13.9 Å². The van der Waals surface area contributed by atoms with Crippen molar-refractivity contribution >= 4 is 16.6 Å².